The molecule has 0 aliphatic carbocycles. The zero-order chi connectivity index (χ0) is 15.7. The molecule has 108 valence electrons. The minimum absolute atomic E-state index is 0.0792. The number of nitriles is 1. The van der Waals surface area contributed by atoms with E-state index in [9.17, 15) is 14.4 Å². The lowest BCUT2D eigenvalue weighted by Gasteiger charge is -2.13. The van der Waals surface area contributed by atoms with Gasteiger partial charge < -0.3 is 4.74 Å². The molecule has 2 rings (SSSR count). The molecule has 0 bridgehead atoms. The molecule has 2 amide bonds. The predicted molar refractivity (Wildman–Crippen MR) is 73.0 cm³/mol. The van der Waals surface area contributed by atoms with Crippen molar-refractivity contribution in [3.63, 3.8) is 0 Å². The van der Waals surface area contributed by atoms with Crippen molar-refractivity contribution in [3.8, 4) is 6.07 Å². The Morgan fingerprint density at radius 3 is 2.19 bits per heavy atom. The van der Waals surface area contributed by atoms with Crippen molar-refractivity contribution in [3.05, 3.63) is 33.3 Å². The van der Waals surface area contributed by atoms with Crippen molar-refractivity contribution in [2.45, 2.75) is 13.0 Å². The van der Waals surface area contributed by atoms with Gasteiger partial charge in [0.2, 0.25) is 0 Å². The fraction of sp³-hybridized carbons (Fsp3) is 0.231. The SMILES string of the molecule is C[C@H](C#N)OC(=O)CN1C(=O)c2cc(Cl)c(Cl)cc2C1=O. The second-order valence-electron chi connectivity index (χ2n) is 4.27. The second-order valence-corrected chi connectivity index (χ2v) is 5.08. The first-order valence-corrected chi connectivity index (χ1v) is 6.55. The number of fused-ring (bicyclic) bond motifs is 1. The number of carbonyl (C=O) groups excluding carboxylic acids is 3. The summed E-state index contributed by atoms with van der Waals surface area (Å²) in [7, 11) is 0. The Labute approximate surface area is 129 Å². The number of imide groups is 1. The molecule has 6 nitrogen and oxygen atoms in total. The maximum Gasteiger partial charge on any atom is 0.327 e. The third-order valence-corrected chi connectivity index (χ3v) is 3.51. The quantitative estimate of drug-likeness (QED) is 0.626. The van der Waals surface area contributed by atoms with Crippen LogP contribution in [0.3, 0.4) is 0 Å². The molecule has 21 heavy (non-hydrogen) atoms. The van der Waals surface area contributed by atoms with Gasteiger partial charge in [-0.3, -0.25) is 19.3 Å². The Bertz CT molecular complexity index is 655. The van der Waals surface area contributed by atoms with Crippen LogP contribution in [0.1, 0.15) is 27.6 Å². The van der Waals surface area contributed by atoms with Gasteiger partial charge in [0.15, 0.2) is 6.10 Å². The second kappa shape index (κ2) is 5.72. The van der Waals surface area contributed by atoms with Crippen LogP contribution >= 0.6 is 23.2 Å². The summed E-state index contributed by atoms with van der Waals surface area (Å²) in [6.07, 6.45) is -0.962. The lowest BCUT2D eigenvalue weighted by molar-refractivity contribution is -0.146. The monoisotopic (exact) mass is 326 g/mol. The van der Waals surface area contributed by atoms with Gasteiger partial charge in [-0.1, -0.05) is 23.2 Å². The van der Waals surface area contributed by atoms with E-state index in [-0.39, 0.29) is 21.2 Å². The van der Waals surface area contributed by atoms with Crippen LogP contribution < -0.4 is 0 Å². The number of ether oxygens (including phenoxy) is 1. The van der Waals surface area contributed by atoms with Gasteiger partial charge in [0, 0.05) is 0 Å². The van der Waals surface area contributed by atoms with Crippen LogP contribution in [0.15, 0.2) is 12.1 Å². The maximum absolute atomic E-state index is 12.1. The van der Waals surface area contributed by atoms with Crippen LogP contribution in [0, 0.1) is 11.3 Å². The topological polar surface area (TPSA) is 87.5 Å². The molecule has 0 N–H and O–H groups in total. The molecule has 0 spiro atoms. The van der Waals surface area contributed by atoms with Gasteiger partial charge in [0.05, 0.1) is 21.2 Å². The van der Waals surface area contributed by atoms with E-state index in [0.717, 1.165) is 4.90 Å². The molecule has 1 atom stereocenters. The average Bonchev–Trinajstić information content (AvgIpc) is 2.65. The van der Waals surface area contributed by atoms with Crippen LogP contribution in [0.5, 0.6) is 0 Å². The van der Waals surface area contributed by atoms with Gasteiger partial charge in [-0.2, -0.15) is 5.26 Å². The number of halogens is 2. The van der Waals surface area contributed by atoms with Crippen molar-refractivity contribution in [1.29, 1.82) is 5.26 Å². The summed E-state index contributed by atoms with van der Waals surface area (Å²) in [4.78, 5) is 36.5. The van der Waals surface area contributed by atoms with E-state index in [0.29, 0.717) is 0 Å². The summed E-state index contributed by atoms with van der Waals surface area (Å²) in [5, 5.41) is 8.82. The summed E-state index contributed by atoms with van der Waals surface area (Å²) >= 11 is 11.6. The van der Waals surface area contributed by atoms with Gasteiger partial charge in [-0.15, -0.1) is 0 Å². The Hall–Kier alpha value is -2.10. The summed E-state index contributed by atoms with van der Waals surface area (Å²) in [5.41, 5.74) is 0.158. The summed E-state index contributed by atoms with van der Waals surface area (Å²) in [5.74, 6) is -2.17. The molecule has 1 aromatic carbocycles. The number of hydrogen-bond acceptors (Lipinski definition) is 5. The van der Waals surface area contributed by atoms with Crippen molar-refractivity contribution in [2.75, 3.05) is 6.54 Å². The molecule has 8 heteroatoms. The Balaban J connectivity index is 2.22. The molecule has 1 aliphatic heterocycles. The molecule has 0 fully saturated rings. The van der Waals surface area contributed by atoms with Crippen LogP contribution in [0.4, 0.5) is 0 Å². The van der Waals surface area contributed by atoms with Crippen LogP contribution in [0.25, 0.3) is 0 Å². The van der Waals surface area contributed by atoms with Gasteiger partial charge in [-0.05, 0) is 19.1 Å². The third-order valence-electron chi connectivity index (χ3n) is 2.79. The minimum Gasteiger partial charge on any atom is -0.446 e. The van der Waals surface area contributed by atoms with Gasteiger partial charge in [0.1, 0.15) is 12.6 Å². The van der Waals surface area contributed by atoms with E-state index in [2.05, 4.69) is 0 Å². The summed E-state index contributed by atoms with van der Waals surface area (Å²) in [6, 6.07) is 4.27. The first-order chi connectivity index (χ1) is 9.85. The molecular formula is C13H8Cl2N2O4. The lowest BCUT2D eigenvalue weighted by atomic mass is 10.1. The Kier molecular flexibility index (Phi) is 4.16. The van der Waals surface area contributed by atoms with E-state index < -0.39 is 30.4 Å². The highest BCUT2D eigenvalue weighted by Gasteiger charge is 2.37. The van der Waals surface area contributed by atoms with Crippen molar-refractivity contribution in [1.82, 2.24) is 4.90 Å². The Morgan fingerprint density at radius 1 is 1.29 bits per heavy atom. The highest BCUT2D eigenvalue weighted by Crippen LogP contribution is 2.31. The number of esters is 1. The molecule has 1 aliphatic rings. The standard InChI is InChI=1S/C13H8Cl2N2O4/c1-6(4-16)21-11(18)5-17-12(19)7-2-9(14)10(15)3-8(7)13(17)20/h2-3,6H,5H2,1H3/t6-/m1/s1. The average molecular weight is 327 g/mol. The third kappa shape index (κ3) is 2.84. The lowest BCUT2D eigenvalue weighted by Crippen LogP contribution is -2.36. The number of carbonyl (C=O) groups is 3. The smallest absolute Gasteiger partial charge is 0.327 e. The molecule has 0 saturated heterocycles. The number of hydrogen-bond donors (Lipinski definition) is 0. The predicted octanol–water partition coefficient (Wildman–Crippen LogP) is 2.04. The molecular weight excluding hydrogens is 319 g/mol. The van der Waals surface area contributed by atoms with Gasteiger partial charge in [-0.25, -0.2) is 0 Å². The van der Waals surface area contributed by atoms with Crippen molar-refractivity contribution in [2.24, 2.45) is 0 Å². The van der Waals surface area contributed by atoms with E-state index in [1.165, 1.54) is 19.1 Å². The van der Waals surface area contributed by atoms with Crippen molar-refractivity contribution >= 4 is 41.0 Å². The number of nitrogens with zero attached hydrogens (tertiary/aromatic N) is 2. The molecule has 0 radical (unpaired) electrons. The van der Waals surface area contributed by atoms with Gasteiger partial charge in [0.25, 0.3) is 11.8 Å². The zero-order valence-corrected chi connectivity index (χ0v) is 12.2. The maximum atomic E-state index is 12.1. The largest absolute Gasteiger partial charge is 0.446 e. The number of rotatable bonds is 3. The van der Waals surface area contributed by atoms with Crippen molar-refractivity contribution < 1.29 is 19.1 Å². The molecule has 0 saturated carbocycles. The molecule has 1 heterocycles. The Morgan fingerprint density at radius 2 is 1.76 bits per heavy atom. The molecule has 1 aromatic rings. The fourth-order valence-electron chi connectivity index (χ4n) is 1.82. The number of benzene rings is 1. The fourth-order valence-corrected chi connectivity index (χ4v) is 2.14. The normalized spacial score (nSPS) is 14.7. The molecule has 0 aromatic heterocycles. The first-order valence-electron chi connectivity index (χ1n) is 5.79. The van der Waals surface area contributed by atoms with E-state index >= 15 is 0 Å². The van der Waals surface area contributed by atoms with Crippen LogP contribution in [0.2, 0.25) is 10.0 Å². The number of amides is 2. The van der Waals surface area contributed by atoms with E-state index in [1.54, 1.807) is 6.07 Å². The highest BCUT2D eigenvalue weighted by atomic mass is 35.5. The summed E-state index contributed by atoms with van der Waals surface area (Å²) < 4.78 is 4.71. The van der Waals surface area contributed by atoms with E-state index in [4.69, 9.17) is 33.2 Å². The minimum atomic E-state index is -0.962. The van der Waals surface area contributed by atoms with E-state index in [1.807, 2.05) is 0 Å². The zero-order valence-electron chi connectivity index (χ0n) is 10.7. The van der Waals surface area contributed by atoms with Crippen LogP contribution in [-0.4, -0.2) is 35.3 Å². The highest BCUT2D eigenvalue weighted by molar-refractivity contribution is 6.43. The van der Waals surface area contributed by atoms with Crippen LogP contribution in [-0.2, 0) is 9.53 Å². The molecule has 0 unspecified atom stereocenters. The summed E-state index contributed by atoms with van der Waals surface area (Å²) in [6.45, 7) is 0.799. The first kappa shape index (κ1) is 15.3. The van der Waals surface area contributed by atoms with Gasteiger partial charge >= 0.3 is 5.97 Å².